The van der Waals surface area contributed by atoms with Crippen LogP contribution in [0.25, 0.3) is 0 Å². The first-order valence-corrected chi connectivity index (χ1v) is 7.61. The van der Waals surface area contributed by atoms with E-state index in [4.69, 9.17) is 10.5 Å². The molecule has 5 nitrogen and oxygen atoms in total. The van der Waals surface area contributed by atoms with Gasteiger partial charge in [-0.15, -0.1) is 24.0 Å². The molecule has 3 N–H and O–H groups in total. The summed E-state index contributed by atoms with van der Waals surface area (Å²) in [4.78, 5) is 6.92. The van der Waals surface area contributed by atoms with Crippen LogP contribution in [-0.2, 0) is 4.74 Å². The molecule has 124 valence electrons. The minimum atomic E-state index is 0. The second-order valence-electron chi connectivity index (χ2n) is 5.49. The summed E-state index contributed by atoms with van der Waals surface area (Å²) in [5, 5.41) is 3.12. The van der Waals surface area contributed by atoms with Crippen molar-refractivity contribution in [2.45, 2.75) is 12.8 Å². The van der Waals surface area contributed by atoms with Crippen molar-refractivity contribution in [2.24, 2.45) is 16.6 Å². The number of likely N-dealkylation sites (tertiary alicyclic amines) is 1. The second kappa shape index (κ2) is 10.8. The first-order chi connectivity index (χ1) is 10.3. The van der Waals surface area contributed by atoms with Crippen LogP contribution >= 0.6 is 24.0 Å². The summed E-state index contributed by atoms with van der Waals surface area (Å²) in [5.41, 5.74) is 6.91. The number of guanidine groups is 1. The lowest BCUT2D eigenvalue weighted by atomic mass is 9.97. The molecule has 1 aromatic carbocycles. The quantitative estimate of drug-likeness (QED) is 0.423. The Labute approximate surface area is 150 Å². The van der Waals surface area contributed by atoms with Crippen molar-refractivity contribution in [1.82, 2.24) is 4.90 Å². The monoisotopic (exact) mass is 418 g/mol. The lowest BCUT2D eigenvalue weighted by Crippen LogP contribution is -2.37. The van der Waals surface area contributed by atoms with Crippen molar-refractivity contribution >= 4 is 35.6 Å². The van der Waals surface area contributed by atoms with Crippen LogP contribution in [0.5, 0.6) is 0 Å². The zero-order chi connectivity index (χ0) is 14.9. The van der Waals surface area contributed by atoms with Gasteiger partial charge in [0.2, 0.25) is 0 Å². The van der Waals surface area contributed by atoms with Gasteiger partial charge in [0, 0.05) is 25.9 Å². The highest BCUT2D eigenvalue weighted by Gasteiger charge is 2.18. The fourth-order valence-electron chi connectivity index (χ4n) is 2.55. The molecule has 22 heavy (non-hydrogen) atoms. The number of benzene rings is 1. The minimum Gasteiger partial charge on any atom is -0.383 e. The SMILES string of the molecule is COCCN1CCC(CN=C(N)Nc2ccccc2)CC1.I. The van der Waals surface area contributed by atoms with Gasteiger partial charge in [0.1, 0.15) is 0 Å². The van der Waals surface area contributed by atoms with Crippen molar-refractivity contribution in [3.63, 3.8) is 0 Å². The number of nitrogens with two attached hydrogens (primary N) is 1. The van der Waals surface area contributed by atoms with Crippen molar-refractivity contribution in [2.75, 3.05) is 45.2 Å². The van der Waals surface area contributed by atoms with Crippen LogP contribution in [-0.4, -0.2) is 50.8 Å². The van der Waals surface area contributed by atoms with Crippen LogP contribution in [0.1, 0.15) is 12.8 Å². The number of piperidine rings is 1. The smallest absolute Gasteiger partial charge is 0.193 e. The number of ether oxygens (including phenoxy) is 1. The van der Waals surface area contributed by atoms with Crippen molar-refractivity contribution in [3.8, 4) is 0 Å². The molecule has 1 heterocycles. The molecule has 0 atom stereocenters. The lowest BCUT2D eigenvalue weighted by Gasteiger charge is -2.30. The number of anilines is 1. The number of rotatable bonds is 6. The van der Waals surface area contributed by atoms with Crippen LogP contribution in [0.3, 0.4) is 0 Å². The molecule has 0 amide bonds. The second-order valence-corrected chi connectivity index (χ2v) is 5.49. The van der Waals surface area contributed by atoms with Crippen LogP contribution in [0.15, 0.2) is 35.3 Å². The molecular weight excluding hydrogens is 391 g/mol. The number of hydrogen-bond acceptors (Lipinski definition) is 3. The summed E-state index contributed by atoms with van der Waals surface area (Å²) in [6.07, 6.45) is 2.37. The van der Waals surface area contributed by atoms with Crippen molar-refractivity contribution < 1.29 is 4.74 Å². The number of halogens is 1. The number of methoxy groups -OCH3 is 1. The van der Waals surface area contributed by atoms with Gasteiger partial charge in [0.25, 0.3) is 0 Å². The topological polar surface area (TPSA) is 62.9 Å². The number of nitrogens with one attached hydrogen (secondary N) is 1. The standard InChI is InChI=1S/C16H26N4O.HI/c1-21-12-11-20-9-7-14(8-10-20)13-18-16(17)19-15-5-3-2-4-6-15;/h2-6,14H,7-13H2,1H3,(H3,17,18,19);1H. The highest BCUT2D eigenvalue weighted by molar-refractivity contribution is 14.0. The third-order valence-electron chi connectivity index (χ3n) is 3.88. The maximum Gasteiger partial charge on any atom is 0.193 e. The Hall–Kier alpha value is -0.860. The van der Waals surface area contributed by atoms with E-state index in [0.29, 0.717) is 11.9 Å². The number of para-hydroxylation sites is 1. The number of nitrogens with zero attached hydrogens (tertiary/aromatic N) is 2. The van der Waals surface area contributed by atoms with E-state index in [-0.39, 0.29) is 24.0 Å². The van der Waals surface area contributed by atoms with Gasteiger partial charge in [0.05, 0.1) is 6.61 Å². The van der Waals surface area contributed by atoms with E-state index in [9.17, 15) is 0 Å². The van der Waals surface area contributed by atoms with Gasteiger partial charge in [0.15, 0.2) is 5.96 Å². The molecule has 0 radical (unpaired) electrons. The van der Waals surface area contributed by atoms with E-state index in [1.165, 1.54) is 12.8 Å². The number of hydrogen-bond donors (Lipinski definition) is 2. The Balaban J connectivity index is 0.00000242. The first-order valence-electron chi connectivity index (χ1n) is 7.61. The predicted octanol–water partition coefficient (Wildman–Crippen LogP) is 2.39. The van der Waals surface area contributed by atoms with Gasteiger partial charge in [-0.2, -0.15) is 0 Å². The molecule has 0 unspecified atom stereocenters. The average molecular weight is 418 g/mol. The molecule has 0 bridgehead atoms. The molecule has 0 aliphatic carbocycles. The third kappa shape index (κ3) is 6.93. The van der Waals surface area contributed by atoms with Gasteiger partial charge < -0.3 is 20.7 Å². The van der Waals surface area contributed by atoms with Crippen LogP contribution < -0.4 is 11.1 Å². The Kier molecular flexibility index (Phi) is 9.42. The summed E-state index contributed by atoms with van der Waals surface area (Å²) in [7, 11) is 1.75. The summed E-state index contributed by atoms with van der Waals surface area (Å²) < 4.78 is 5.12. The van der Waals surface area contributed by atoms with E-state index >= 15 is 0 Å². The van der Waals surface area contributed by atoms with Gasteiger partial charge >= 0.3 is 0 Å². The van der Waals surface area contributed by atoms with Gasteiger partial charge in [-0.3, -0.25) is 4.99 Å². The predicted molar refractivity (Wildman–Crippen MR) is 103 cm³/mol. The third-order valence-corrected chi connectivity index (χ3v) is 3.88. The molecular formula is C16H27IN4O. The Morgan fingerprint density at radius 1 is 1.32 bits per heavy atom. The Morgan fingerprint density at radius 3 is 2.64 bits per heavy atom. The van der Waals surface area contributed by atoms with E-state index in [1.54, 1.807) is 7.11 Å². The van der Waals surface area contributed by atoms with Gasteiger partial charge in [-0.05, 0) is 44.0 Å². The summed E-state index contributed by atoms with van der Waals surface area (Å²) in [6, 6.07) is 9.90. The molecule has 2 rings (SSSR count). The lowest BCUT2D eigenvalue weighted by molar-refractivity contribution is 0.121. The Bertz CT molecular complexity index is 433. The zero-order valence-electron chi connectivity index (χ0n) is 13.2. The first kappa shape index (κ1) is 19.2. The molecule has 1 fully saturated rings. The largest absolute Gasteiger partial charge is 0.383 e. The highest BCUT2D eigenvalue weighted by Crippen LogP contribution is 2.17. The Morgan fingerprint density at radius 2 is 2.00 bits per heavy atom. The normalized spacial score (nSPS) is 17.0. The van der Waals surface area contributed by atoms with Crippen LogP contribution in [0.4, 0.5) is 5.69 Å². The minimum absolute atomic E-state index is 0. The molecule has 6 heteroatoms. The van der Waals surface area contributed by atoms with Gasteiger partial charge in [-0.1, -0.05) is 18.2 Å². The zero-order valence-corrected chi connectivity index (χ0v) is 15.5. The average Bonchev–Trinajstić information content (AvgIpc) is 2.53. The highest BCUT2D eigenvalue weighted by atomic mass is 127. The maximum absolute atomic E-state index is 5.93. The molecule has 0 saturated carbocycles. The summed E-state index contributed by atoms with van der Waals surface area (Å²) >= 11 is 0. The number of aliphatic imine (C=N–C) groups is 1. The molecule has 0 aromatic heterocycles. The maximum atomic E-state index is 5.93. The van der Waals surface area contributed by atoms with Crippen LogP contribution in [0, 0.1) is 5.92 Å². The molecule has 1 aromatic rings. The van der Waals surface area contributed by atoms with E-state index in [0.717, 1.165) is 38.5 Å². The fourth-order valence-corrected chi connectivity index (χ4v) is 2.55. The molecule has 1 saturated heterocycles. The van der Waals surface area contributed by atoms with Crippen LogP contribution in [0.2, 0.25) is 0 Å². The van der Waals surface area contributed by atoms with E-state index < -0.39 is 0 Å². The van der Waals surface area contributed by atoms with Crippen molar-refractivity contribution in [3.05, 3.63) is 30.3 Å². The van der Waals surface area contributed by atoms with Gasteiger partial charge in [-0.25, -0.2) is 0 Å². The molecule has 0 spiro atoms. The fraction of sp³-hybridized carbons (Fsp3) is 0.562. The summed E-state index contributed by atoms with van der Waals surface area (Å²) in [6.45, 7) is 4.93. The molecule has 1 aliphatic rings. The molecule has 1 aliphatic heterocycles. The summed E-state index contributed by atoms with van der Waals surface area (Å²) in [5.74, 6) is 1.14. The van der Waals surface area contributed by atoms with E-state index in [2.05, 4.69) is 15.2 Å². The van der Waals surface area contributed by atoms with E-state index in [1.807, 2.05) is 30.3 Å². The van der Waals surface area contributed by atoms with Crippen molar-refractivity contribution in [1.29, 1.82) is 0 Å².